The Labute approximate surface area is 47.5 Å². The third-order valence-corrected chi connectivity index (χ3v) is 2.39. The molecule has 1 aliphatic carbocycles. The number of hydrogen-bond acceptors (Lipinski definition) is 0. The van der Waals surface area contributed by atoms with Gasteiger partial charge in [-0.2, -0.15) is 0 Å². The minimum Gasteiger partial charge on any atom is -0.0780 e. The summed E-state index contributed by atoms with van der Waals surface area (Å²) in [6.07, 6.45) is 2.94. The normalized spacial score (nSPS) is 33.2. The highest BCUT2D eigenvalue weighted by atomic mass is 79.9. The smallest absolute Gasteiger partial charge is 0.0725 e. The third kappa shape index (κ3) is 0.763. The zero-order valence-electron chi connectivity index (χ0n) is 2.33. The Balaban J connectivity index is 2.38. The molecule has 1 unspecified atom stereocenters. The molecule has 0 fully saturated rings. The standard InChI is InChI=1S/C3HBr2/c4-2-1-3(2)5/h2H. The van der Waals surface area contributed by atoms with Gasteiger partial charge >= 0.3 is 0 Å². The summed E-state index contributed by atoms with van der Waals surface area (Å²) in [6, 6.07) is 0. The van der Waals surface area contributed by atoms with Crippen molar-refractivity contribution in [1.82, 2.24) is 0 Å². The van der Waals surface area contributed by atoms with Crippen molar-refractivity contribution in [3.63, 3.8) is 0 Å². The van der Waals surface area contributed by atoms with Crippen LogP contribution >= 0.6 is 31.9 Å². The van der Waals surface area contributed by atoms with E-state index in [9.17, 15) is 0 Å². The van der Waals surface area contributed by atoms with Gasteiger partial charge in [0.1, 0.15) is 0 Å². The molecule has 0 aromatic rings. The Hall–Kier alpha value is 0.700. The van der Waals surface area contributed by atoms with Gasteiger partial charge in [0.2, 0.25) is 0 Å². The maximum atomic E-state index is 3.25. The monoisotopic (exact) mass is 195 g/mol. The van der Waals surface area contributed by atoms with E-state index in [1.807, 2.05) is 0 Å². The van der Waals surface area contributed by atoms with Crippen LogP contribution in [0.1, 0.15) is 0 Å². The van der Waals surface area contributed by atoms with Gasteiger partial charge in [0.15, 0.2) is 0 Å². The second kappa shape index (κ2) is 1.09. The number of halogens is 2. The maximum Gasteiger partial charge on any atom is 0.0725 e. The van der Waals surface area contributed by atoms with Crippen LogP contribution in [0.5, 0.6) is 0 Å². The van der Waals surface area contributed by atoms with Crippen LogP contribution in [0, 0.1) is 6.08 Å². The fourth-order valence-electron chi connectivity index (χ4n) is 0.0794. The van der Waals surface area contributed by atoms with E-state index in [1.165, 1.54) is 0 Å². The first-order valence-corrected chi connectivity index (χ1v) is 2.94. The lowest BCUT2D eigenvalue weighted by atomic mass is 10.9. The van der Waals surface area contributed by atoms with Crippen LogP contribution in [0.25, 0.3) is 0 Å². The van der Waals surface area contributed by atoms with Crippen molar-refractivity contribution in [1.29, 1.82) is 0 Å². The van der Waals surface area contributed by atoms with Gasteiger partial charge in [-0.05, 0) is 6.08 Å². The summed E-state index contributed by atoms with van der Waals surface area (Å²) in [5, 5.41) is 0. The summed E-state index contributed by atoms with van der Waals surface area (Å²) in [5.41, 5.74) is 0. The van der Waals surface area contributed by atoms with E-state index >= 15 is 0 Å². The predicted octanol–water partition coefficient (Wildman–Crippen LogP) is 1.85. The van der Waals surface area contributed by atoms with E-state index in [0.717, 1.165) is 4.48 Å². The SMILES string of the molecule is BrC1=[C]C1Br. The molecule has 0 spiro atoms. The molecule has 0 heterocycles. The molecule has 2 heteroatoms. The van der Waals surface area contributed by atoms with Crippen molar-refractivity contribution < 1.29 is 0 Å². The van der Waals surface area contributed by atoms with Crippen LogP contribution in [0.2, 0.25) is 0 Å². The van der Waals surface area contributed by atoms with Crippen molar-refractivity contribution in [2.45, 2.75) is 4.83 Å². The molecule has 27 valence electrons. The first-order valence-electron chi connectivity index (χ1n) is 1.23. The van der Waals surface area contributed by atoms with Crippen molar-refractivity contribution in [2.75, 3.05) is 0 Å². The van der Waals surface area contributed by atoms with Crippen LogP contribution in [0.4, 0.5) is 0 Å². The summed E-state index contributed by atoms with van der Waals surface area (Å²) in [5.74, 6) is 0. The molecule has 1 atom stereocenters. The molecule has 1 rings (SSSR count). The highest BCUT2D eigenvalue weighted by Gasteiger charge is 2.17. The molecule has 0 bridgehead atoms. The number of allylic oxidation sites excluding steroid dienone is 2. The van der Waals surface area contributed by atoms with Gasteiger partial charge in [-0.15, -0.1) is 0 Å². The van der Waals surface area contributed by atoms with E-state index < -0.39 is 0 Å². The topological polar surface area (TPSA) is 0 Å². The van der Waals surface area contributed by atoms with E-state index in [-0.39, 0.29) is 0 Å². The lowest BCUT2D eigenvalue weighted by Crippen LogP contribution is -1.56. The quantitative estimate of drug-likeness (QED) is 0.519. The van der Waals surface area contributed by atoms with Crippen molar-refractivity contribution in [3.8, 4) is 0 Å². The van der Waals surface area contributed by atoms with Gasteiger partial charge in [0.25, 0.3) is 0 Å². The Bertz CT molecular complexity index is 75.0. The van der Waals surface area contributed by atoms with Crippen molar-refractivity contribution in [3.05, 3.63) is 10.6 Å². The van der Waals surface area contributed by atoms with Crippen LogP contribution in [0.15, 0.2) is 4.48 Å². The Morgan fingerprint density at radius 3 is 2.00 bits per heavy atom. The average Bonchev–Trinajstić information content (AvgIpc) is 1.79. The van der Waals surface area contributed by atoms with E-state index in [0.29, 0.717) is 4.83 Å². The Morgan fingerprint density at radius 1 is 1.80 bits per heavy atom. The second-order valence-corrected chi connectivity index (χ2v) is 2.62. The van der Waals surface area contributed by atoms with Gasteiger partial charge in [0.05, 0.1) is 4.83 Å². The first kappa shape index (κ1) is 3.88. The molecule has 1 radical (unpaired) electrons. The van der Waals surface area contributed by atoms with Crippen LogP contribution in [-0.4, -0.2) is 4.83 Å². The summed E-state index contributed by atoms with van der Waals surface area (Å²) >= 11 is 6.46. The van der Waals surface area contributed by atoms with Gasteiger partial charge < -0.3 is 0 Å². The summed E-state index contributed by atoms with van der Waals surface area (Å²) < 4.78 is 1.15. The average molecular weight is 197 g/mol. The zero-order valence-corrected chi connectivity index (χ0v) is 5.51. The summed E-state index contributed by atoms with van der Waals surface area (Å²) in [6.45, 7) is 0. The van der Waals surface area contributed by atoms with Crippen molar-refractivity contribution >= 4 is 31.9 Å². The number of rotatable bonds is 0. The summed E-state index contributed by atoms with van der Waals surface area (Å²) in [4.78, 5) is 0.447. The Morgan fingerprint density at radius 2 is 2.00 bits per heavy atom. The van der Waals surface area contributed by atoms with Crippen LogP contribution in [-0.2, 0) is 0 Å². The molecular weight excluding hydrogens is 196 g/mol. The molecule has 0 nitrogen and oxygen atoms in total. The molecule has 0 aromatic carbocycles. The van der Waals surface area contributed by atoms with E-state index in [2.05, 4.69) is 37.9 Å². The number of hydrogen-bond donors (Lipinski definition) is 0. The van der Waals surface area contributed by atoms with Crippen LogP contribution in [0.3, 0.4) is 0 Å². The fraction of sp³-hybridized carbons (Fsp3) is 0.333. The second-order valence-electron chi connectivity index (χ2n) is 0.855. The largest absolute Gasteiger partial charge is 0.0780 e. The predicted molar refractivity (Wildman–Crippen MR) is 28.4 cm³/mol. The van der Waals surface area contributed by atoms with E-state index in [4.69, 9.17) is 0 Å². The van der Waals surface area contributed by atoms with Crippen LogP contribution < -0.4 is 0 Å². The first-order chi connectivity index (χ1) is 2.30. The third-order valence-electron chi connectivity index (χ3n) is 0.404. The maximum absolute atomic E-state index is 3.25. The molecule has 0 saturated carbocycles. The van der Waals surface area contributed by atoms with Gasteiger partial charge in [-0.25, -0.2) is 0 Å². The van der Waals surface area contributed by atoms with Gasteiger partial charge in [-0.1, -0.05) is 31.9 Å². The minimum absolute atomic E-state index is 0.447. The molecule has 1 aliphatic rings. The molecular formula is C3HBr2. The number of alkyl halides is 1. The fourth-order valence-corrected chi connectivity index (χ4v) is 0.862. The minimum atomic E-state index is 0.447. The molecule has 0 aliphatic heterocycles. The van der Waals surface area contributed by atoms with Crippen molar-refractivity contribution in [2.24, 2.45) is 0 Å². The molecule has 5 heavy (non-hydrogen) atoms. The highest BCUT2D eigenvalue weighted by Crippen LogP contribution is 2.31. The molecule has 0 amide bonds. The molecule has 0 saturated heterocycles. The van der Waals surface area contributed by atoms with E-state index in [1.54, 1.807) is 0 Å². The molecule has 0 aromatic heterocycles. The lowest BCUT2D eigenvalue weighted by molar-refractivity contribution is 1.72. The van der Waals surface area contributed by atoms with Gasteiger partial charge in [-0.3, -0.25) is 0 Å². The Kier molecular flexibility index (Phi) is 0.841. The lowest BCUT2D eigenvalue weighted by Gasteiger charge is -1.63. The summed E-state index contributed by atoms with van der Waals surface area (Å²) in [7, 11) is 0. The zero-order chi connectivity index (χ0) is 3.86. The molecule has 0 N–H and O–H groups in total. The van der Waals surface area contributed by atoms with Gasteiger partial charge in [0, 0.05) is 4.48 Å². The highest BCUT2D eigenvalue weighted by molar-refractivity contribution is 9.14.